The quantitative estimate of drug-likeness (QED) is 0.795. The molecule has 1 unspecified atom stereocenters. The van der Waals surface area contributed by atoms with Crippen molar-refractivity contribution in [3.8, 4) is 0 Å². The van der Waals surface area contributed by atoms with E-state index >= 15 is 0 Å². The molecule has 1 fully saturated rings. The van der Waals surface area contributed by atoms with Crippen molar-refractivity contribution >= 4 is 12.1 Å². The fourth-order valence-corrected chi connectivity index (χ4v) is 2.97. The molecule has 2 aliphatic heterocycles. The van der Waals surface area contributed by atoms with Crippen LogP contribution in [-0.2, 0) is 17.9 Å². The predicted molar refractivity (Wildman–Crippen MR) is 69.2 cm³/mol. The van der Waals surface area contributed by atoms with Crippen LogP contribution in [0.3, 0.4) is 0 Å². The van der Waals surface area contributed by atoms with E-state index < -0.39 is 0 Å². The Morgan fingerprint density at radius 2 is 2.22 bits per heavy atom. The second kappa shape index (κ2) is 4.61. The van der Waals surface area contributed by atoms with Gasteiger partial charge in [0.25, 0.3) is 0 Å². The van der Waals surface area contributed by atoms with Gasteiger partial charge in [0.2, 0.25) is 6.41 Å². The SMILES string of the molecule is O=CN1Cc2cccc(N3CCCC(O)C3)c2C1. The Hall–Kier alpha value is -1.55. The fraction of sp³-hybridized carbons (Fsp3) is 0.500. The molecular formula is C14H18N2O2. The van der Waals surface area contributed by atoms with Crippen LogP contribution < -0.4 is 4.90 Å². The number of aliphatic hydroxyl groups excluding tert-OH is 1. The first-order valence-electron chi connectivity index (χ1n) is 6.51. The molecular weight excluding hydrogens is 228 g/mol. The van der Waals surface area contributed by atoms with Crippen molar-refractivity contribution in [2.24, 2.45) is 0 Å². The Balaban J connectivity index is 1.90. The zero-order chi connectivity index (χ0) is 12.5. The van der Waals surface area contributed by atoms with Gasteiger partial charge in [0.1, 0.15) is 0 Å². The van der Waals surface area contributed by atoms with Gasteiger partial charge in [-0.15, -0.1) is 0 Å². The number of carbonyl (C=O) groups is 1. The van der Waals surface area contributed by atoms with Gasteiger partial charge < -0.3 is 14.9 Å². The Labute approximate surface area is 107 Å². The van der Waals surface area contributed by atoms with Crippen molar-refractivity contribution in [3.05, 3.63) is 29.3 Å². The summed E-state index contributed by atoms with van der Waals surface area (Å²) in [5.41, 5.74) is 3.67. The number of anilines is 1. The monoisotopic (exact) mass is 246 g/mol. The molecule has 4 heteroatoms. The number of β-amino-alcohol motifs (C(OH)–C–C–N with tert-alkyl or cyclic N) is 1. The Morgan fingerprint density at radius 1 is 1.33 bits per heavy atom. The minimum absolute atomic E-state index is 0.224. The van der Waals surface area contributed by atoms with E-state index in [1.165, 1.54) is 16.8 Å². The van der Waals surface area contributed by atoms with Crippen molar-refractivity contribution in [1.29, 1.82) is 0 Å². The molecule has 1 N–H and O–H groups in total. The molecule has 0 aliphatic carbocycles. The summed E-state index contributed by atoms with van der Waals surface area (Å²) < 4.78 is 0. The third-order valence-electron chi connectivity index (χ3n) is 3.87. The van der Waals surface area contributed by atoms with E-state index in [4.69, 9.17) is 0 Å². The lowest BCUT2D eigenvalue weighted by Gasteiger charge is -2.33. The highest BCUT2D eigenvalue weighted by molar-refractivity contribution is 5.61. The molecule has 2 heterocycles. The van der Waals surface area contributed by atoms with Gasteiger partial charge in [0.05, 0.1) is 6.10 Å². The van der Waals surface area contributed by atoms with Crippen LogP contribution in [0.5, 0.6) is 0 Å². The molecule has 0 saturated carbocycles. The molecule has 2 aliphatic rings. The molecule has 0 bridgehead atoms. The van der Waals surface area contributed by atoms with Gasteiger partial charge in [-0.05, 0) is 30.0 Å². The summed E-state index contributed by atoms with van der Waals surface area (Å²) in [6.07, 6.45) is 2.61. The lowest BCUT2D eigenvalue weighted by molar-refractivity contribution is -0.118. The number of amides is 1. The van der Waals surface area contributed by atoms with Crippen molar-refractivity contribution in [1.82, 2.24) is 4.90 Å². The van der Waals surface area contributed by atoms with Gasteiger partial charge in [-0.25, -0.2) is 0 Å². The number of piperidine rings is 1. The molecule has 18 heavy (non-hydrogen) atoms. The second-order valence-corrected chi connectivity index (χ2v) is 5.17. The molecule has 4 nitrogen and oxygen atoms in total. The summed E-state index contributed by atoms with van der Waals surface area (Å²) in [5, 5.41) is 9.78. The number of nitrogens with zero attached hydrogens (tertiary/aromatic N) is 2. The number of hydrogen-bond acceptors (Lipinski definition) is 3. The largest absolute Gasteiger partial charge is 0.391 e. The maximum absolute atomic E-state index is 10.9. The third kappa shape index (κ3) is 1.97. The first-order chi connectivity index (χ1) is 8.78. The van der Waals surface area contributed by atoms with Crippen molar-refractivity contribution in [2.75, 3.05) is 18.0 Å². The lowest BCUT2D eigenvalue weighted by Crippen LogP contribution is -2.38. The predicted octanol–water partition coefficient (Wildman–Crippen LogP) is 1.12. The molecule has 1 amide bonds. The molecule has 96 valence electrons. The fourth-order valence-electron chi connectivity index (χ4n) is 2.97. The molecule has 0 radical (unpaired) electrons. The maximum Gasteiger partial charge on any atom is 0.210 e. The van der Waals surface area contributed by atoms with E-state index in [1.54, 1.807) is 4.90 Å². The zero-order valence-electron chi connectivity index (χ0n) is 10.4. The van der Waals surface area contributed by atoms with E-state index in [0.29, 0.717) is 19.6 Å². The number of benzene rings is 1. The van der Waals surface area contributed by atoms with Crippen molar-refractivity contribution in [3.63, 3.8) is 0 Å². The Morgan fingerprint density at radius 3 is 3.00 bits per heavy atom. The van der Waals surface area contributed by atoms with Crippen molar-refractivity contribution < 1.29 is 9.90 Å². The van der Waals surface area contributed by atoms with E-state index in [9.17, 15) is 9.90 Å². The maximum atomic E-state index is 10.9. The first kappa shape index (κ1) is 11.5. The van der Waals surface area contributed by atoms with Gasteiger partial charge >= 0.3 is 0 Å². The number of fused-ring (bicyclic) bond motifs is 1. The second-order valence-electron chi connectivity index (χ2n) is 5.17. The number of hydrogen-bond donors (Lipinski definition) is 1. The molecule has 1 saturated heterocycles. The average Bonchev–Trinajstić information content (AvgIpc) is 2.81. The Kier molecular flexibility index (Phi) is 2.96. The summed E-state index contributed by atoms with van der Waals surface area (Å²) in [5.74, 6) is 0. The minimum Gasteiger partial charge on any atom is -0.391 e. The topological polar surface area (TPSA) is 43.8 Å². The van der Waals surface area contributed by atoms with Crippen LogP contribution >= 0.6 is 0 Å². The van der Waals surface area contributed by atoms with Crippen LogP contribution in [0, 0.1) is 0 Å². The summed E-state index contributed by atoms with van der Waals surface area (Å²) in [7, 11) is 0. The van der Waals surface area contributed by atoms with Crippen molar-refractivity contribution in [2.45, 2.75) is 32.0 Å². The zero-order valence-corrected chi connectivity index (χ0v) is 10.4. The third-order valence-corrected chi connectivity index (χ3v) is 3.87. The lowest BCUT2D eigenvalue weighted by atomic mass is 10.0. The molecule has 1 aromatic carbocycles. The molecule has 1 atom stereocenters. The summed E-state index contributed by atoms with van der Waals surface area (Å²) in [6.45, 7) is 3.11. The standard InChI is InChI=1S/C14H18N2O2/c17-10-15-7-11-3-1-5-14(13(11)9-15)16-6-2-4-12(18)8-16/h1,3,5,10,12,18H,2,4,6-9H2. The van der Waals surface area contributed by atoms with Crippen LogP contribution in [0.2, 0.25) is 0 Å². The minimum atomic E-state index is -0.224. The number of carbonyl (C=O) groups excluding carboxylic acids is 1. The van der Waals surface area contributed by atoms with E-state index in [2.05, 4.69) is 17.0 Å². The van der Waals surface area contributed by atoms with Gasteiger partial charge in [0, 0.05) is 31.9 Å². The number of rotatable bonds is 2. The van der Waals surface area contributed by atoms with E-state index in [-0.39, 0.29) is 6.10 Å². The summed E-state index contributed by atoms with van der Waals surface area (Å²) >= 11 is 0. The van der Waals surface area contributed by atoms with Crippen LogP contribution in [0.4, 0.5) is 5.69 Å². The average molecular weight is 246 g/mol. The first-order valence-corrected chi connectivity index (χ1v) is 6.51. The van der Waals surface area contributed by atoms with Gasteiger partial charge in [-0.2, -0.15) is 0 Å². The molecule has 3 rings (SSSR count). The van der Waals surface area contributed by atoms with Gasteiger partial charge in [-0.1, -0.05) is 12.1 Å². The number of aliphatic hydroxyl groups is 1. The van der Waals surface area contributed by atoms with Crippen LogP contribution in [0.1, 0.15) is 24.0 Å². The summed E-state index contributed by atoms with van der Waals surface area (Å²) in [4.78, 5) is 14.9. The van der Waals surface area contributed by atoms with Crippen LogP contribution in [0.25, 0.3) is 0 Å². The Bertz CT molecular complexity index is 461. The highest BCUT2D eigenvalue weighted by Crippen LogP contribution is 2.32. The molecule has 0 aromatic heterocycles. The normalized spacial score (nSPS) is 23.1. The van der Waals surface area contributed by atoms with E-state index in [0.717, 1.165) is 25.8 Å². The molecule has 1 aromatic rings. The van der Waals surface area contributed by atoms with Crippen LogP contribution in [-0.4, -0.2) is 35.6 Å². The van der Waals surface area contributed by atoms with Gasteiger partial charge in [-0.3, -0.25) is 4.79 Å². The smallest absolute Gasteiger partial charge is 0.210 e. The highest BCUT2D eigenvalue weighted by Gasteiger charge is 2.25. The highest BCUT2D eigenvalue weighted by atomic mass is 16.3. The molecule has 0 spiro atoms. The van der Waals surface area contributed by atoms with Gasteiger partial charge in [0.15, 0.2) is 0 Å². The van der Waals surface area contributed by atoms with E-state index in [1.807, 2.05) is 6.07 Å². The summed E-state index contributed by atoms with van der Waals surface area (Å²) in [6, 6.07) is 6.23. The van der Waals surface area contributed by atoms with Crippen LogP contribution in [0.15, 0.2) is 18.2 Å².